The summed E-state index contributed by atoms with van der Waals surface area (Å²) in [6.45, 7) is 16.3. The number of nitrogens with zero attached hydrogens (tertiary/aromatic N) is 10. The summed E-state index contributed by atoms with van der Waals surface area (Å²) in [5, 5.41) is 38.0. The molecule has 540 valence electrons. The molecule has 2 amide bonds. The van der Waals surface area contributed by atoms with Crippen LogP contribution in [0.5, 0.6) is 5.75 Å². The Morgan fingerprint density at radius 3 is 2.28 bits per heavy atom. The Morgan fingerprint density at radius 1 is 0.772 bits per heavy atom. The number of carboxylic acid groups (broad SMARTS) is 1. The van der Waals surface area contributed by atoms with Crippen molar-refractivity contribution < 1.29 is 33.8 Å². The Kier molecular flexibility index (Phi) is 22.4. The number of benzene rings is 2. The van der Waals surface area contributed by atoms with Gasteiger partial charge in [-0.1, -0.05) is 120 Å². The Hall–Kier alpha value is -7.24. The van der Waals surface area contributed by atoms with E-state index in [1.807, 2.05) is 82.9 Å². The van der Waals surface area contributed by atoms with Gasteiger partial charge in [0.1, 0.15) is 28.3 Å². The normalized spacial score (nSPS) is 23.2. The first-order chi connectivity index (χ1) is 48.8. The van der Waals surface area contributed by atoms with Crippen molar-refractivity contribution >= 4 is 79.0 Å². The van der Waals surface area contributed by atoms with Gasteiger partial charge in [-0.2, -0.15) is 5.10 Å². The molecule has 20 nitrogen and oxygen atoms in total. The SMILES string of the molecule is CN[C@@H](C)C(=O)N[C@H](C(=O)N1CCC[C@H]1c1nc(C(=O)c2cccc(OCCCCCCCCCCCCN(C)CCOC34CC5(C)CC(C)(CC(Cn6ncc(-c7ccc(N8CCCc9c8nnc(Nc8nc%10ccccc%10s8)c9C)nc7C(=O)O)c6C)(C5)C3)C4)c2)cs1)C1CCCCC1. The van der Waals surface area contributed by atoms with Gasteiger partial charge in [0.05, 0.1) is 47.3 Å². The topological polar surface area (TPSA) is 235 Å². The molecule has 7 aliphatic rings. The Labute approximate surface area is 604 Å². The van der Waals surface area contributed by atoms with Crippen LogP contribution in [0.1, 0.15) is 229 Å². The molecule has 5 aliphatic carbocycles. The number of hydrogen-bond acceptors (Lipinski definition) is 18. The smallest absolute Gasteiger partial charge is 0.355 e. The van der Waals surface area contributed by atoms with Crippen molar-refractivity contribution in [3.8, 4) is 16.9 Å². The van der Waals surface area contributed by atoms with E-state index in [9.17, 15) is 24.3 Å². The number of ketones is 1. The largest absolute Gasteiger partial charge is 0.494 e. The van der Waals surface area contributed by atoms with Gasteiger partial charge in [-0.15, -0.1) is 21.5 Å². The van der Waals surface area contributed by atoms with E-state index in [-0.39, 0.29) is 57.1 Å². The zero-order chi connectivity index (χ0) is 70.5. The molecule has 2 unspecified atom stereocenters. The van der Waals surface area contributed by atoms with Gasteiger partial charge in [0.25, 0.3) is 0 Å². The average Bonchev–Trinajstić information content (AvgIpc) is 0.954. The third kappa shape index (κ3) is 16.4. The Balaban J connectivity index is 0.514. The molecule has 5 aromatic heterocycles. The molecule has 4 N–H and O–H groups in total. The van der Waals surface area contributed by atoms with Crippen molar-refractivity contribution in [1.29, 1.82) is 0 Å². The number of pyridine rings is 1. The summed E-state index contributed by atoms with van der Waals surface area (Å²) in [6.07, 6.45) is 29.0. The summed E-state index contributed by atoms with van der Waals surface area (Å²) in [7, 11) is 4.00. The molecule has 14 rings (SSSR count). The highest BCUT2D eigenvalue weighted by molar-refractivity contribution is 7.22. The van der Waals surface area contributed by atoms with E-state index < -0.39 is 18.1 Å². The lowest BCUT2D eigenvalue weighted by molar-refractivity contribution is -0.248. The second-order valence-corrected chi connectivity index (χ2v) is 33.3. The van der Waals surface area contributed by atoms with Gasteiger partial charge < -0.3 is 45.2 Å². The number of carbonyl (C=O) groups excluding carboxylic acids is 3. The number of hydrogen-bond donors (Lipinski definition) is 4. The maximum absolute atomic E-state index is 14.3. The van der Waals surface area contributed by atoms with Crippen LogP contribution in [0.3, 0.4) is 0 Å². The number of aromatic nitrogens is 7. The van der Waals surface area contributed by atoms with E-state index in [1.54, 1.807) is 18.4 Å². The molecule has 0 spiro atoms. The Morgan fingerprint density at radius 2 is 1.52 bits per heavy atom. The molecule has 6 fully saturated rings. The summed E-state index contributed by atoms with van der Waals surface area (Å²) >= 11 is 3.01. The van der Waals surface area contributed by atoms with Crippen molar-refractivity contribution in [2.45, 2.75) is 225 Å². The molecule has 101 heavy (non-hydrogen) atoms. The lowest BCUT2D eigenvalue weighted by Crippen LogP contribution is -2.64. The number of carboxylic acids is 1. The molecule has 2 aliphatic heterocycles. The van der Waals surface area contributed by atoms with Gasteiger partial charge in [0.2, 0.25) is 17.6 Å². The zero-order valence-corrected chi connectivity index (χ0v) is 62.2. The van der Waals surface area contributed by atoms with Gasteiger partial charge >= 0.3 is 5.97 Å². The molecule has 1 saturated heterocycles. The zero-order valence-electron chi connectivity index (χ0n) is 60.6. The number of amides is 2. The summed E-state index contributed by atoms with van der Waals surface area (Å²) < 4.78 is 16.6. The van der Waals surface area contributed by atoms with Crippen LogP contribution in [0.15, 0.2) is 72.2 Å². The van der Waals surface area contributed by atoms with E-state index in [0.717, 1.165) is 172 Å². The minimum absolute atomic E-state index is 0.00275. The number of para-hydroxylation sites is 1. The highest BCUT2D eigenvalue weighted by Gasteiger charge is 2.66. The van der Waals surface area contributed by atoms with Crippen LogP contribution < -0.4 is 25.6 Å². The van der Waals surface area contributed by atoms with Crippen molar-refractivity contribution in [1.82, 2.24) is 55.4 Å². The lowest BCUT2D eigenvalue weighted by Gasteiger charge is -2.69. The number of thiazole rings is 2. The Bertz CT molecular complexity index is 4040. The molecule has 2 aromatic carbocycles. The fraction of sp³-hybridized carbons (Fsp3) is 0.595. The van der Waals surface area contributed by atoms with Gasteiger partial charge in [-0.05, 0) is 190 Å². The molecule has 4 bridgehead atoms. The first kappa shape index (κ1) is 72.1. The van der Waals surface area contributed by atoms with Gasteiger partial charge in [0, 0.05) is 65.1 Å². The van der Waals surface area contributed by atoms with E-state index in [1.165, 1.54) is 69.1 Å². The summed E-state index contributed by atoms with van der Waals surface area (Å²) in [6, 6.07) is 18.1. The minimum Gasteiger partial charge on any atom is -0.494 e. The quantitative estimate of drug-likeness (QED) is 0.0221. The van der Waals surface area contributed by atoms with Crippen molar-refractivity contribution in [3.63, 3.8) is 0 Å². The number of aromatic carboxylic acids is 1. The number of unbranched alkanes of at least 4 members (excludes halogenated alkanes) is 9. The summed E-state index contributed by atoms with van der Waals surface area (Å²) in [5.74, 6) is 1.26. The van der Waals surface area contributed by atoms with E-state index in [4.69, 9.17) is 34.6 Å². The van der Waals surface area contributed by atoms with Crippen LogP contribution in [-0.2, 0) is 27.3 Å². The van der Waals surface area contributed by atoms with Crippen molar-refractivity contribution in [2.75, 3.05) is 63.7 Å². The van der Waals surface area contributed by atoms with E-state index in [2.05, 4.69) is 71.4 Å². The second-order valence-electron chi connectivity index (χ2n) is 31.4. The van der Waals surface area contributed by atoms with Crippen LogP contribution in [0.25, 0.3) is 21.3 Å². The molecule has 0 radical (unpaired) electrons. The monoisotopic (exact) mass is 1410 g/mol. The molecule has 5 saturated carbocycles. The van der Waals surface area contributed by atoms with E-state index >= 15 is 0 Å². The standard InChI is InChI=1S/C79H105N13O7S2/c1-52-58-30-24-38-91(70(58)88-87-69(52)86-75-83-61-31-19-20-33-64(61)101-75)65-35-34-59(67(84-65)74(96)97)60-43-81-92(54(60)3)51-78-46-76(4)45-77(5,47-78)49-79(48-76,50-78)99-41-39-89(7)36-21-14-12-10-8-9-11-13-15-22-40-98-57-29-23-28-56(42-57)68(93)62-44-100-72(82-62)63-32-25-37-90(63)73(95)66(55-26-17-16-18-27-55)85-71(94)53(2)80-6/h19-20,23,28-29,31,33-35,42-44,53,55,63,66,80H,8-18,21-22,24-27,30,32,36-41,45-51H2,1-7H3,(H,85,94)(H,96,97)(H,83,86,87)/t53-,63-,66-,76?,77?,78?,79?/m0/s1. The van der Waals surface area contributed by atoms with E-state index in [0.29, 0.717) is 59.7 Å². The number of carbonyl (C=O) groups is 4. The fourth-order valence-corrected chi connectivity index (χ4v) is 20.8. The third-order valence-corrected chi connectivity index (χ3v) is 25.0. The van der Waals surface area contributed by atoms with Gasteiger partial charge in [-0.25, -0.2) is 19.7 Å². The van der Waals surface area contributed by atoms with Crippen molar-refractivity contribution in [3.05, 3.63) is 111 Å². The van der Waals surface area contributed by atoms with Crippen LogP contribution in [0.4, 0.5) is 22.6 Å². The number of rotatable bonds is 33. The molecule has 7 heterocycles. The molecular weight excluding hydrogens is 1310 g/mol. The molecular formula is C79H105N13O7S2. The average molecular weight is 1410 g/mol. The summed E-state index contributed by atoms with van der Waals surface area (Å²) in [5.41, 5.74) is 6.43. The highest BCUT2D eigenvalue weighted by Crippen LogP contribution is 2.72. The number of ether oxygens (including phenoxy) is 2. The first-order valence-corrected chi connectivity index (χ1v) is 39.4. The van der Waals surface area contributed by atoms with Gasteiger partial charge in [0.15, 0.2) is 22.5 Å². The number of likely N-dealkylation sites (N-methyl/N-ethyl adjacent to an activating group) is 2. The number of anilines is 4. The fourth-order valence-electron chi connectivity index (χ4n) is 19.0. The lowest BCUT2D eigenvalue weighted by atomic mass is 9.39. The number of fused-ring (bicyclic) bond motifs is 2. The van der Waals surface area contributed by atoms with Crippen LogP contribution in [0.2, 0.25) is 0 Å². The predicted molar refractivity (Wildman–Crippen MR) is 399 cm³/mol. The predicted octanol–water partition coefficient (Wildman–Crippen LogP) is 15.6. The van der Waals surface area contributed by atoms with Crippen LogP contribution >= 0.6 is 22.7 Å². The van der Waals surface area contributed by atoms with Crippen LogP contribution in [0, 0.1) is 36.0 Å². The van der Waals surface area contributed by atoms with Crippen LogP contribution in [-0.4, -0.2) is 145 Å². The molecule has 22 heteroatoms. The summed E-state index contributed by atoms with van der Waals surface area (Å²) in [4.78, 5) is 75.1. The number of nitrogens with one attached hydrogen (secondary N) is 3. The third-order valence-electron chi connectivity index (χ3n) is 23.1. The maximum Gasteiger partial charge on any atom is 0.355 e. The second kappa shape index (κ2) is 31.4. The first-order valence-electron chi connectivity index (χ1n) is 37.7. The number of likely N-dealkylation sites (tertiary alicyclic amines) is 1. The highest BCUT2D eigenvalue weighted by atomic mass is 32.1. The molecule has 7 aromatic rings. The van der Waals surface area contributed by atoms with Crippen molar-refractivity contribution in [2.24, 2.45) is 22.2 Å². The minimum atomic E-state index is -1.08. The van der Waals surface area contributed by atoms with Gasteiger partial charge in [-0.3, -0.25) is 19.1 Å². The molecule has 5 atom stereocenters. The maximum atomic E-state index is 14.3.